The molecular formula is C10H14N2. The number of hydrogen-bond donors (Lipinski definition) is 1. The molecule has 0 saturated carbocycles. The Balaban J connectivity index is 2.53. The lowest BCUT2D eigenvalue weighted by Gasteiger charge is -2.28. The van der Waals surface area contributed by atoms with Gasteiger partial charge in [0, 0.05) is 6.54 Å². The van der Waals surface area contributed by atoms with Crippen LogP contribution in [0.15, 0.2) is 18.2 Å². The van der Waals surface area contributed by atoms with E-state index in [0.29, 0.717) is 0 Å². The average Bonchev–Trinajstić information content (AvgIpc) is 2.04. The van der Waals surface area contributed by atoms with E-state index >= 15 is 0 Å². The minimum absolute atomic E-state index is 0.984. The van der Waals surface area contributed by atoms with E-state index in [1.807, 2.05) is 5.01 Å². The van der Waals surface area contributed by atoms with Crippen molar-refractivity contribution in [2.45, 2.75) is 19.8 Å². The number of aryl methyl sites for hydroxylation is 2. The quantitative estimate of drug-likeness (QED) is 0.587. The van der Waals surface area contributed by atoms with E-state index in [9.17, 15) is 0 Å². The first kappa shape index (κ1) is 7.62. The van der Waals surface area contributed by atoms with E-state index in [2.05, 4.69) is 25.1 Å². The van der Waals surface area contributed by atoms with Crippen LogP contribution in [0, 0.1) is 6.92 Å². The first-order valence-electron chi connectivity index (χ1n) is 4.40. The molecule has 1 aromatic carbocycles. The molecule has 12 heavy (non-hydrogen) atoms. The molecule has 0 aliphatic carbocycles. The largest absolute Gasteiger partial charge is 0.311 e. The molecule has 2 N–H and O–H groups in total. The van der Waals surface area contributed by atoms with Gasteiger partial charge in [-0.3, -0.25) is 0 Å². The molecule has 0 spiro atoms. The maximum absolute atomic E-state index is 5.88. The van der Waals surface area contributed by atoms with Gasteiger partial charge in [0.15, 0.2) is 0 Å². The maximum Gasteiger partial charge on any atom is 0.0578 e. The number of fused-ring (bicyclic) bond motifs is 1. The summed E-state index contributed by atoms with van der Waals surface area (Å²) in [5, 5.41) is 1.87. The molecule has 2 rings (SSSR count). The average molecular weight is 162 g/mol. The standard InChI is InChI=1S/C10H14N2/c1-8-4-2-5-9-6-3-7-12(11)10(8)9/h2,4-5H,3,6-7,11H2,1H3. The highest BCUT2D eigenvalue weighted by Gasteiger charge is 2.14. The van der Waals surface area contributed by atoms with Crippen molar-refractivity contribution in [3.05, 3.63) is 29.3 Å². The summed E-state index contributed by atoms with van der Waals surface area (Å²) >= 11 is 0. The monoisotopic (exact) mass is 162 g/mol. The van der Waals surface area contributed by atoms with Crippen molar-refractivity contribution in [3.8, 4) is 0 Å². The molecule has 0 amide bonds. The molecular weight excluding hydrogens is 148 g/mol. The predicted octanol–water partition coefficient (Wildman–Crippen LogP) is 1.62. The van der Waals surface area contributed by atoms with Crippen molar-refractivity contribution in [2.75, 3.05) is 11.6 Å². The highest BCUT2D eigenvalue weighted by atomic mass is 15.4. The lowest BCUT2D eigenvalue weighted by molar-refractivity contribution is 0.711. The Hall–Kier alpha value is -1.02. The van der Waals surface area contributed by atoms with Crippen LogP contribution in [0.1, 0.15) is 17.5 Å². The molecule has 0 saturated heterocycles. The second-order valence-corrected chi connectivity index (χ2v) is 3.38. The summed E-state index contributed by atoms with van der Waals surface area (Å²) in [5.74, 6) is 5.88. The fourth-order valence-corrected chi connectivity index (χ4v) is 1.88. The van der Waals surface area contributed by atoms with Crippen molar-refractivity contribution in [1.82, 2.24) is 0 Å². The van der Waals surface area contributed by atoms with Crippen molar-refractivity contribution in [3.63, 3.8) is 0 Å². The smallest absolute Gasteiger partial charge is 0.0578 e. The second kappa shape index (κ2) is 2.79. The van der Waals surface area contributed by atoms with E-state index < -0.39 is 0 Å². The molecule has 0 fully saturated rings. The number of benzene rings is 1. The van der Waals surface area contributed by atoms with E-state index in [0.717, 1.165) is 6.54 Å². The number of para-hydroxylation sites is 1. The van der Waals surface area contributed by atoms with Crippen LogP contribution in [0.5, 0.6) is 0 Å². The first-order valence-corrected chi connectivity index (χ1v) is 4.40. The van der Waals surface area contributed by atoms with Crippen LogP contribution >= 0.6 is 0 Å². The number of hydrazine groups is 1. The SMILES string of the molecule is Cc1cccc2c1N(N)CCC2. The van der Waals surface area contributed by atoms with Crippen molar-refractivity contribution in [2.24, 2.45) is 5.84 Å². The van der Waals surface area contributed by atoms with Gasteiger partial charge in [-0.25, -0.2) is 5.84 Å². The Morgan fingerprint density at radius 1 is 1.42 bits per heavy atom. The molecule has 1 aromatic rings. The fraction of sp³-hybridized carbons (Fsp3) is 0.400. The topological polar surface area (TPSA) is 29.3 Å². The van der Waals surface area contributed by atoms with Gasteiger partial charge >= 0.3 is 0 Å². The molecule has 1 aliphatic rings. The predicted molar refractivity (Wildman–Crippen MR) is 51.0 cm³/mol. The van der Waals surface area contributed by atoms with E-state index in [1.54, 1.807) is 0 Å². The third-order valence-corrected chi connectivity index (χ3v) is 2.45. The minimum atomic E-state index is 0.984. The first-order chi connectivity index (χ1) is 5.79. The van der Waals surface area contributed by atoms with Crippen LogP contribution in [-0.4, -0.2) is 6.54 Å². The summed E-state index contributed by atoms with van der Waals surface area (Å²) in [6.07, 6.45) is 2.34. The Labute approximate surface area is 73.0 Å². The molecule has 2 nitrogen and oxygen atoms in total. The number of nitrogens with two attached hydrogens (primary N) is 1. The second-order valence-electron chi connectivity index (χ2n) is 3.38. The van der Waals surface area contributed by atoms with Gasteiger partial charge in [0.25, 0.3) is 0 Å². The number of rotatable bonds is 0. The Morgan fingerprint density at radius 2 is 2.25 bits per heavy atom. The normalized spacial score (nSPS) is 16.0. The van der Waals surface area contributed by atoms with Crippen LogP contribution in [0.2, 0.25) is 0 Å². The van der Waals surface area contributed by atoms with Crippen molar-refractivity contribution in [1.29, 1.82) is 0 Å². The molecule has 1 heterocycles. The lowest BCUT2D eigenvalue weighted by Crippen LogP contribution is -2.36. The molecule has 0 unspecified atom stereocenters. The van der Waals surface area contributed by atoms with Crippen molar-refractivity contribution < 1.29 is 0 Å². The van der Waals surface area contributed by atoms with E-state index in [1.165, 1.54) is 29.7 Å². The summed E-state index contributed by atoms with van der Waals surface area (Å²) in [7, 11) is 0. The van der Waals surface area contributed by atoms with Gasteiger partial charge < -0.3 is 5.01 Å². The molecule has 0 atom stereocenters. The molecule has 0 aromatic heterocycles. The summed E-state index contributed by atoms with van der Waals surface area (Å²) in [4.78, 5) is 0. The van der Waals surface area contributed by atoms with Crippen LogP contribution in [-0.2, 0) is 6.42 Å². The van der Waals surface area contributed by atoms with Gasteiger partial charge in [-0.2, -0.15) is 0 Å². The summed E-state index contributed by atoms with van der Waals surface area (Å²) in [6.45, 7) is 3.10. The number of anilines is 1. The zero-order valence-electron chi connectivity index (χ0n) is 7.38. The molecule has 0 radical (unpaired) electrons. The van der Waals surface area contributed by atoms with Crippen LogP contribution in [0.25, 0.3) is 0 Å². The molecule has 0 bridgehead atoms. The van der Waals surface area contributed by atoms with Gasteiger partial charge in [0.1, 0.15) is 0 Å². The van der Waals surface area contributed by atoms with E-state index in [-0.39, 0.29) is 0 Å². The van der Waals surface area contributed by atoms with Gasteiger partial charge in [-0.05, 0) is 30.9 Å². The highest BCUT2D eigenvalue weighted by molar-refractivity contribution is 5.59. The number of nitrogens with zero attached hydrogens (tertiary/aromatic N) is 1. The van der Waals surface area contributed by atoms with Crippen molar-refractivity contribution >= 4 is 5.69 Å². The maximum atomic E-state index is 5.88. The fourth-order valence-electron chi connectivity index (χ4n) is 1.88. The summed E-state index contributed by atoms with van der Waals surface area (Å²) < 4.78 is 0. The third-order valence-electron chi connectivity index (χ3n) is 2.45. The van der Waals surface area contributed by atoms with Crippen LogP contribution < -0.4 is 10.9 Å². The third kappa shape index (κ3) is 1.08. The minimum Gasteiger partial charge on any atom is -0.311 e. The molecule has 64 valence electrons. The highest BCUT2D eigenvalue weighted by Crippen LogP contribution is 2.27. The van der Waals surface area contributed by atoms with Gasteiger partial charge in [0.2, 0.25) is 0 Å². The molecule has 2 heteroatoms. The van der Waals surface area contributed by atoms with Crippen LogP contribution in [0.4, 0.5) is 5.69 Å². The zero-order chi connectivity index (χ0) is 8.55. The number of hydrogen-bond acceptors (Lipinski definition) is 2. The summed E-state index contributed by atoms with van der Waals surface area (Å²) in [5.41, 5.74) is 3.92. The molecule has 1 aliphatic heterocycles. The summed E-state index contributed by atoms with van der Waals surface area (Å²) in [6, 6.07) is 6.39. The lowest BCUT2D eigenvalue weighted by atomic mass is 10.00. The Morgan fingerprint density at radius 3 is 3.00 bits per heavy atom. The van der Waals surface area contributed by atoms with Gasteiger partial charge in [0.05, 0.1) is 5.69 Å². The van der Waals surface area contributed by atoms with Crippen LogP contribution in [0.3, 0.4) is 0 Å². The Bertz CT molecular complexity index is 294. The zero-order valence-corrected chi connectivity index (χ0v) is 7.38. The van der Waals surface area contributed by atoms with E-state index in [4.69, 9.17) is 5.84 Å². The van der Waals surface area contributed by atoms with Gasteiger partial charge in [-0.15, -0.1) is 0 Å². The Kier molecular flexibility index (Phi) is 1.77. The van der Waals surface area contributed by atoms with Gasteiger partial charge in [-0.1, -0.05) is 18.2 Å².